The van der Waals surface area contributed by atoms with Gasteiger partial charge in [-0.3, -0.25) is 9.59 Å². The molecule has 1 N–H and O–H groups in total. The molecule has 0 bridgehead atoms. The summed E-state index contributed by atoms with van der Waals surface area (Å²) in [6, 6.07) is 13.8. The Bertz CT molecular complexity index is 1430. The van der Waals surface area contributed by atoms with Crippen molar-refractivity contribution in [3.8, 4) is 11.4 Å². The summed E-state index contributed by atoms with van der Waals surface area (Å²) in [7, 11) is 0. The van der Waals surface area contributed by atoms with Crippen LogP contribution >= 0.6 is 0 Å². The van der Waals surface area contributed by atoms with Gasteiger partial charge in [0.05, 0.1) is 23.6 Å². The lowest BCUT2D eigenvalue weighted by atomic mass is 10.1. The number of rotatable bonds is 7. The predicted octanol–water partition coefficient (Wildman–Crippen LogP) is 4.48. The second-order valence-electron chi connectivity index (χ2n) is 8.56. The van der Waals surface area contributed by atoms with Crippen molar-refractivity contribution in [2.75, 3.05) is 0 Å². The number of para-hydroxylation sites is 1. The van der Waals surface area contributed by atoms with E-state index in [0.29, 0.717) is 27.8 Å². The second-order valence-corrected chi connectivity index (χ2v) is 8.56. The molecular weight excluding hydrogens is 475 g/mol. The smallest absolute Gasteiger partial charge is 0.406 e. The molecular formula is C25H24F3N5O3. The monoisotopic (exact) mass is 499 g/mol. The normalized spacial score (nSPS) is 12.6. The summed E-state index contributed by atoms with van der Waals surface area (Å²) < 4.78 is 43.6. The third kappa shape index (κ3) is 5.40. The molecule has 0 aliphatic heterocycles. The van der Waals surface area contributed by atoms with Crippen molar-refractivity contribution in [1.29, 1.82) is 0 Å². The molecule has 4 rings (SSSR count). The molecule has 4 aromatic rings. The molecule has 0 spiro atoms. The molecule has 0 aliphatic carbocycles. The summed E-state index contributed by atoms with van der Waals surface area (Å²) in [6.45, 7) is 5.21. The Balaban J connectivity index is 1.59. The van der Waals surface area contributed by atoms with E-state index in [4.69, 9.17) is 0 Å². The van der Waals surface area contributed by atoms with Crippen molar-refractivity contribution in [3.63, 3.8) is 0 Å². The Morgan fingerprint density at radius 1 is 1.06 bits per heavy atom. The highest BCUT2D eigenvalue weighted by Crippen LogP contribution is 2.25. The summed E-state index contributed by atoms with van der Waals surface area (Å²) in [5.74, 6) is -0.871. The highest BCUT2D eigenvalue weighted by atomic mass is 19.4. The first-order valence-electron chi connectivity index (χ1n) is 11.2. The number of benzene rings is 2. The van der Waals surface area contributed by atoms with Crippen molar-refractivity contribution in [2.45, 2.75) is 45.6 Å². The summed E-state index contributed by atoms with van der Waals surface area (Å²) in [5.41, 5.74) is 1.76. The van der Waals surface area contributed by atoms with Gasteiger partial charge in [-0.05, 0) is 42.7 Å². The molecule has 0 saturated carbocycles. The van der Waals surface area contributed by atoms with E-state index in [0.717, 1.165) is 4.68 Å². The zero-order chi connectivity index (χ0) is 26.0. The molecule has 1 amide bonds. The van der Waals surface area contributed by atoms with Gasteiger partial charge in [0.25, 0.3) is 5.56 Å². The highest BCUT2D eigenvalue weighted by molar-refractivity contribution is 5.82. The van der Waals surface area contributed by atoms with Crippen LogP contribution in [0.4, 0.5) is 13.2 Å². The van der Waals surface area contributed by atoms with Gasteiger partial charge in [0, 0.05) is 5.39 Å². The standard InChI is InChI=1S/C25H24F3N5O3/c1-15(2)22-20-13-29-33(18-7-5-4-6-8-18)23(20)24(35)32(31-22)14-21(34)30-16(3)17-9-11-19(12-10-17)36-25(26,27)28/h4-13,15-16H,14H2,1-3H3,(H,30,34). The molecule has 0 radical (unpaired) electrons. The van der Waals surface area contributed by atoms with Crippen molar-refractivity contribution in [2.24, 2.45) is 0 Å². The van der Waals surface area contributed by atoms with Gasteiger partial charge in [-0.25, -0.2) is 9.36 Å². The molecule has 188 valence electrons. The molecule has 1 unspecified atom stereocenters. The lowest BCUT2D eigenvalue weighted by Gasteiger charge is -2.16. The van der Waals surface area contributed by atoms with Crippen LogP contribution in [-0.2, 0) is 11.3 Å². The lowest BCUT2D eigenvalue weighted by Crippen LogP contribution is -2.36. The summed E-state index contributed by atoms with van der Waals surface area (Å²) in [4.78, 5) is 26.2. The van der Waals surface area contributed by atoms with E-state index < -0.39 is 23.9 Å². The fourth-order valence-corrected chi connectivity index (χ4v) is 3.86. The molecule has 36 heavy (non-hydrogen) atoms. The molecule has 2 aromatic heterocycles. The van der Waals surface area contributed by atoms with E-state index >= 15 is 0 Å². The number of halogens is 3. The zero-order valence-corrected chi connectivity index (χ0v) is 19.8. The van der Waals surface area contributed by atoms with Gasteiger partial charge in [-0.1, -0.05) is 44.2 Å². The number of hydrogen-bond donors (Lipinski definition) is 1. The number of hydrogen-bond acceptors (Lipinski definition) is 5. The van der Waals surface area contributed by atoms with Gasteiger partial charge in [-0.15, -0.1) is 13.2 Å². The number of carbonyl (C=O) groups excluding carboxylic acids is 1. The molecule has 0 saturated heterocycles. The lowest BCUT2D eigenvalue weighted by molar-refractivity contribution is -0.274. The van der Waals surface area contributed by atoms with Gasteiger partial charge < -0.3 is 10.1 Å². The van der Waals surface area contributed by atoms with Crippen molar-refractivity contribution in [1.82, 2.24) is 24.9 Å². The maximum atomic E-state index is 13.4. The van der Waals surface area contributed by atoms with Gasteiger partial charge in [-0.2, -0.15) is 10.2 Å². The highest BCUT2D eigenvalue weighted by Gasteiger charge is 2.31. The maximum absolute atomic E-state index is 13.4. The average Bonchev–Trinajstić information content (AvgIpc) is 3.26. The fraction of sp³-hybridized carbons (Fsp3) is 0.280. The maximum Gasteiger partial charge on any atom is 0.573 e. The minimum absolute atomic E-state index is 0.0350. The molecule has 1 atom stereocenters. The Morgan fingerprint density at radius 3 is 2.33 bits per heavy atom. The number of aromatic nitrogens is 4. The Kier molecular flexibility index (Phi) is 6.82. The van der Waals surface area contributed by atoms with Crippen LogP contribution < -0.4 is 15.6 Å². The fourth-order valence-electron chi connectivity index (χ4n) is 3.86. The van der Waals surface area contributed by atoms with Crippen molar-refractivity contribution in [3.05, 3.63) is 82.4 Å². The number of fused-ring (bicyclic) bond motifs is 1. The van der Waals surface area contributed by atoms with E-state index in [1.54, 1.807) is 13.1 Å². The minimum atomic E-state index is -4.78. The van der Waals surface area contributed by atoms with Crippen LogP contribution in [0.25, 0.3) is 16.6 Å². The van der Waals surface area contributed by atoms with E-state index in [2.05, 4.69) is 20.3 Å². The summed E-state index contributed by atoms with van der Waals surface area (Å²) in [5, 5.41) is 12.2. The van der Waals surface area contributed by atoms with Crippen molar-refractivity contribution < 1.29 is 22.7 Å². The van der Waals surface area contributed by atoms with Gasteiger partial charge in [0.1, 0.15) is 17.8 Å². The molecule has 2 aromatic carbocycles. The molecule has 2 heterocycles. The van der Waals surface area contributed by atoms with Crippen LogP contribution in [0.5, 0.6) is 5.75 Å². The van der Waals surface area contributed by atoms with Crippen LogP contribution in [0.15, 0.2) is 65.6 Å². The molecule has 0 fully saturated rings. The van der Waals surface area contributed by atoms with E-state index in [9.17, 15) is 22.8 Å². The van der Waals surface area contributed by atoms with Gasteiger partial charge in [0.2, 0.25) is 5.91 Å². The van der Waals surface area contributed by atoms with Crippen LogP contribution in [0.2, 0.25) is 0 Å². The molecule has 8 nitrogen and oxygen atoms in total. The number of nitrogens with zero attached hydrogens (tertiary/aromatic N) is 4. The second kappa shape index (κ2) is 9.84. The van der Waals surface area contributed by atoms with E-state index in [1.165, 1.54) is 28.9 Å². The number of nitrogens with one attached hydrogen (secondary N) is 1. The summed E-state index contributed by atoms with van der Waals surface area (Å²) in [6.07, 6.45) is -3.18. The zero-order valence-electron chi connectivity index (χ0n) is 19.8. The van der Waals surface area contributed by atoms with E-state index in [1.807, 2.05) is 44.2 Å². The Morgan fingerprint density at radius 2 is 1.72 bits per heavy atom. The first-order chi connectivity index (χ1) is 17.0. The summed E-state index contributed by atoms with van der Waals surface area (Å²) >= 11 is 0. The number of alkyl halides is 3. The van der Waals surface area contributed by atoms with E-state index in [-0.39, 0.29) is 18.2 Å². The largest absolute Gasteiger partial charge is 0.573 e. The third-order valence-corrected chi connectivity index (χ3v) is 5.54. The SMILES string of the molecule is CC(C)c1nn(CC(=O)NC(C)c2ccc(OC(F)(F)F)cc2)c(=O)c2c1cnn2-c1ccccc1. The first kappa shape index (κ1) is 25.0. The van der Waals surface area contributed by atoms with Crippen LogP contribution in [0, 0.1) is 0 Å². The quantitative estimate of drug-likeness (QED) is 0.405. The van der Waals surface area contributed by atoms with Crippen LogP contribution in [-0.4, -0.2) is 31.8 Å². The van der Waals surface area contributed by atoms with Crippen LogP contribution in [0.1, 0.15) is 44.0 Å². The van der Waals surface area contributed by atoms with Gasteiger partial charge in [0.15, 0.2) is 0 Å². The Hall–Kier alpha value is -4.15. The number of amides is 1. The predicted molar refractivity (Wildman–Crippen MR) is 127 cm³/mol. The Labute approximate surface area is 204 Å². The average molecular weight is 499 g/mol. The van der Waals surface area contributed by atoms with Gasteiger partial charge >= 0.3 is 6.36 Å². The third-order valence-electron chi connectivity index (χ3n) is 5.54. The van der Waals surface area contributed by atoms with Crippen LogP contribution in [0.3, 0.4) is 0 Å². The van der Waals surface area contributed by atoms with Crippen molar-refractivity contribution >= 4 is 16.8 Å². The number of ether oxygens (including phenoxy) is 1. The minimum Gasteiger partial charge on any atom is -0.406 e. The molecule has 0 aliphatic rings. The molecule has 11 heteroatoms. The topological polar surface area (TPSA) is 91.0 Å². The first-order valence-corrected chi connectivity index (χ1v) is 11.2. The number of carbonyl (C=O) groups is 1.